The van der Waals surface area contributed by atoms with Crippen molar-refractivity contribution < 1.29 is 0 Å². The van der Waals surface area contributed by atoms with E-state index in [2.05, 4.69) is 11.9 Å². The number of hydrogen-bond acceptors (Lipinski definition) is 2. The van der Waals surface area contributed by atoms with E-state index in [1.54, 1.807) is 0 Å². The summed E-state index contributed by atoms with van der Waals surface area (Å²) < 4.78 is 0. The van der Waals surface area contributed by atoms with E-state index in [1.165, 1.54) is 32.4 Å². The summed E-state index contributed by atoms with van der Waals surface area (Å²) in [5.41, 5.74) is 6.46. The Bertz CT molecular complexity index is 136. The third-order valence-electron chi connectivity index (χ3n) is 3.24. The largest absolute Gasteiger partial charge is 0.327 e. The standard InChI is InChI=1S/C8H16N2/c1-10-4-2-8(3-5-10)6-7(8)9/h7H,2-6,9H2,1H3/t7-/m0/s1. The molecule has 10 heavy (non-hydrogen) atoms. The Kier molecular flexibility index (Phi) is 1.29. The van der Waals surface area contributed by atoms with E-state index in [1.807, 2.05) is 0 Å². The Morgan fingerprint density at radius 2 is 1.90 bits per heavy atom. The smallest absolute Gasteiger partial charge is 0.0103 e. The third-order valence-corrected chi connectivity index (χ3v) is 3.24. The Labute approximate surface area is 62.4 Å². The molecule has 1 aliphatic carbocycles. The molecule has 2 heteroatoms. The van der Waals surface area contributed by atoms with E-state index in [0.717, 1.165) is 0 Å². The molecule has 0 amide bonds. The van der Waals surface area contributed by atoms with Gasteiger partial charge in [-0.3, -0.25) is 0 Å². The van der Waals surface area contributed by atoms with Gasteiger partial charge in [-0.05, 0) is 44.8 Å². The predicted octanol–water partition coefficient (Wildman–Crippen LogP) is 0.429. The van der Waals surface area contributed by atoms with Crippen LogP contribution in [0.5, 0.6) is 0 Å². The van der Waals surface area contributed by atoms with Gasteiger partial charge < -0.3 is 10.6 Å². The Morgan fingerprint density at radius 3 is 2.30 bits per heavy atom. The summed E-state index contributed by atoms with van der Waals surface area (Å²) >= 11 is 0. The zero-order valence-electron chi connectivity index (χ0n) is 6.64. The Morgan fingerprint density at radius 1 is 1.40 bits per heavy atom. The van der Waals surface area contributed by atoms with Crippen molar-refractivity contribution in [3.8, 4) is 0 Å². The Hall–Kier alpha value is -0.0800. The van der Waals surface area contributed by atoms with Crippen molar-refractivity contribution in [2.45, 2.75) is 25.3 Å². The summed E-state index contributed by atoms with van der Waals surface area (Å²) in [5, 5.41) is 0. The number of nitrogens with zero attached hydrogens (tertiary/aromatic N) is 1. The number of likely N-dealkylation sites (tertiary alicyclic amines) is 1. The first kappa shape index (κ1) is 6.62. The van der Waals surface area contributed by atoms with Crippen LogP contribution in [0, 0.1) is 5.41 Å². The fourth-order valence-corrected chi connectivity index (χ4v) is 2.02. The highest BCUT2D eigenvalue weighted by Gasteiger charge is 2.52. The minimum Gasteiger partial charge on any atom is -0.327 e. The lowest BCUT2D eigenvalue weighted by Gasteiger charge is -2.29. The van der Waals surface area contributed by atoms with Gasteiger partial charge in [-0.1, -0.05) is 0 Å². The Balaban J connectivity index is 1.93. The molecular formula is C8H16N2. The van der Waals surface area contributed by atoms with Crippen LogP contribution in [-0.4, -0.2) is 31.1 Å². The second-order valence-electron chi connectivity index (χ2n) is 3.98. The molecule has 0 aromatic heterocycles. The van der Waals surface area contributed by atoms with Crippen molar-refractivity contribution in [1.82, 2.24) is 4.90 Å². The van der Waals surface area contributed by atoms with E-state index < -0.39 is 0 Å². The number of rotatable bonds is 0. The van der Waals surface area contributed by atoms with Crippen molar-refractivity contribution in [2.75, 3.05) is 20.1 Å². The van der Waals surface area contributed by atoms with Crippen LogP contribution in [0.25, 0.3) is 0 Å². The summed E-state index contributed by atoms with van der Waals surface area (Å²) in [4.78, 5) is 2.40. The SMILES string of the molecule is CN1CCC2(CC1)C[C@@H]2N. The highest BCUT2D eigenvalue weighted by molar-refractivity contribution is 5.07. The van der Waals surface area contributed by atoms with Gasteiger partial charge in [0.15, 0.2) is 0 Å². The van der Waals surface area contributed by atoms with Crippen LogP contribution in [0.15, 0.2) is 0 Å². The van der Waals surface area contributed by atoms with Gasteiger partial charge >= 0.3 is 0 Å². The predicted molar refractivity (Wildman–Crippen MR) is 41.8 cm³/mol. The molecule has 1 heterocycles. The molecule has 2 fully saturated rings. The molecule has 0 aromatic rings. The second kappa shape index (κ2) is 1.95. The molecule has 1 spiro atoms. The third kappa shape index (κ3) is 0.867. The zero-order valence-corrected chi connectivity index (χ0v) is 6.64. The lowest BCUT2D eigenvalue weighted by molar-refractivity contribution is 0.201. The molecule has 1 saturated carbocycles. The molecule has 2 N–H and O–H groups in total. The van der Waals surface area contributed by atoms with Crippen LogP contribution >= 0.6 is 0 Å². The summed E-state index contributed by atoms with van der Waals surface area (Å²) in [6, 6.07) is 0.543. The van der Waals surface area contributed by atoms with Crippen molar-refractivity contribution in [3.63, 3.8) is 0 Å². The van der Waals surface area contributed by atoms with Gasteiger partial charge in [-0.15, -0.1) is 0 Å². The first-order valence-corrected chi connectivity index (χ1v) is 4.17. The molecule has 0 radical (unpaired) electrons. The highest BCUT2D eigenvalue weighted by atomic mass is 15.1. The van der Waals surface area contributed by atoms with Gasteiger partial charge in [0, 0.05) is 6.04 Å². The molecule has 0 bridgehead atoms. The van der Waals surface area contributed by atoms with Crippen molar-refractivity contribution in [3.05, 3.63) is 0 Å². The maximum absolute atomic E-state index is 5.86. The first-order valence-electron chi connectivity index (χ1n) is 4.17. The van der Waals surface area contributed by atoms with Gasteiger partial charge in [0.25, 0.3) is 0 Å². The highest BCUT2D eigenvalue weighted by Crippen LogP contribution is 2.52. The molecule has 2 nitrogen and oxygen atoms in total. The van der Waals surface area contributed by atoms with Crippen LogP contribution < -0.4 is 5.73 Å². The van der Waals surface area contributed by atoms with Crippen molar-refractivity contribution in [2.24, 2.45) is 11.1 Å². The molecule has 1 aliphatic heterocycles. The maximum Gasteiger partial charge on any atom is 0.0103 e. The van der Waals surface area contributed by atoms with Crippen LogP contribution in [0.2, 0.25) is 0 Å². The maximum atomic E-state index is 5.86. The van der Waals surface area contributed by atoms with E-state index in [0.29, 0.717) is 11.5 Å². The van der Waals surface area contributed by atoms with Gasteiger partial charge in [0.05, 0.1) is 0 Å². The van der Waals surface area contributed by atoms with Crippen molar-refractivity contribution in [1.29, 1.82) is 0 Å². The summed E-state index contributed by atoms with van der Waals surface area (Å²) in [7, 11) is 2.20. The van der Waals surface area contributed by atoms with Crippen LogP contribution in [-0.2, 0) is 0 Å². The average molecular weight is 140 g/mol. The molecule has 0 aromatic carbocycles. The number of nitrogens with two attached hydrogens (primary N) is 1. The van der Waals surface area contributed by atoms with E-state index >= 15 is 0 Å². The van der Waals surface area contributed by atoms with Crippen LogP contribution in [0.1, 0.15) is 19.3 Å². The van der Waals surface area contributed by atoms with Gasteiger partial charge in [0.1, 0.15) is 0 Å². The number of piperidine rings is 1. The molecular weight excluding hydrogens is 124 g/mol. The molecule has 58 valence electrons. The molecule has 1 atom stereocenters. The first-order chi connectivity index (χ1) is 4.73. The minimum atomic E-state index is 0.543. The molecule has 1 saturated heterocycles. The van der Waals surface area contributed by atoms with E-state index in [-0.39, 0.29) is 0 Å². The van der Waals surface area contributed by atoms with Crippen LogP contribution in [0.3, 0.4) is 0 Å². The lowest BCUT2D eigenvalue weighted by atomic mass is 9.93. The zero-order chi connectivity index (χ0) is 7.19. The van der Waals surface area contributed by atoms with Crippen molar-refractivity contribution >= 4 is 0 Å². The number of hydrogen-bond donors (Lipinski definition) is 1. The fraction of sp³-hybridized carbons (Fsp3) is 1.00. The summed E-state index contributed by atoms with van der Waals surface area (Å²) in [6.45, 7) is 2.52. The monoisotopic (exact) mass is 140 g/mol. The molecule has 2 aliphatic rings. The minimum absolute atomic E-state index is 0.543. The average Bonchev–Trinajstić information content (AvgIpc) is 2.53. The molecule has 0 unspecified atom stereocenters. The van der Waals surface area contributed by atoms with Crippen LogP contribution in [0.4, 0.5) is 0 Å². The lowest BCUT2D eigenvalue weighted by Crippen LogP contribution is -2.33. The van der Waals surface area contributed by atoms with E-state index in [9.17, 15) is 0 Å². The summed E-state index contributed by atoms with van der Waals surface area (Å²) in [6.07, 6.45) is 3.97. The van der Waals surface area contributed by atoms with Gasteiger partial charge in [0.2, 0.25) is 0 Å². The second-order valence-corrected chi connectivity index (χ2v) is 3.98. The molecule has 2 rings (SSSR count). The fourth-order valence-electron chi connectivity index (χ4n) is 2.02. The topological polar surface area (TPSA) is 29.3 Å². The normalized spacial score (nSPS) is 38.4. The summed E-state index contributed by atoms with van der Waals surface area (Å²) in [5.74, 6) is 0. The van der Waals surface area contributed by atoms with E-state index in [4.69, 9.17) is 5.73 Å². The van der Waals surface area contributed by atoms with Gasteiger partial charge in [-0.25, -0.2) is 0 Å². The van der Waals surface area contributed by atoms with Gasteiger partial charge in [-0.2, -0.15) is 0 Å². The quantitative estimate of drug-likeness (QED) is 0.528.